The fourth-order valence-corrected chi connectivity index (χ4v) is 4.51. The molecule has 1 heterocycles. The summed E-state index contributed by atoms with van der Waals surface area (Å²) in [5.41, 5.74) is 11.7. The largest absolute Gasteiger partial charge is 0.378 e. The van der Waals surface area contributed by atoms with Gasteiger partial charge in [-0.3, -0.25) is 0 Å². The van der Waals surface area contributed by atoms with Crippen molar-refractivity contribution >= 4 is 17.8 Å². The van der Waals surface area contributed by atoms with Crippen molar-refractivity contribution in [2.45, 2.75) is 6.42 Å². The second kappa shape index (κ2) is 10.6. The van der Waals surface area contributed by atoms with Crippen LogP contribution in [-0.2, 0) is 13.5 Å². The molecule has 0 N–H and O–H groups in total. The molecule has 0 unspecified atom stereocenters. The van der Waals surface area contributed by atoms with E-state index in [1.165, 1.54) is 50.5 Å². The van der Waals surface area contributed by atoms with Crippen LogP contribution < -0.4 is 28.1 Å². The predicted molar refractivity (Wildman–Crippen MR) is 131 cm³/mol. The lowest BCUT2D eigenvalue weighted by molar-refractivity contribution is -2.00. The van der Waals surface area contributed by atoms with Crippen molar-refractivity contribution in [2.75, 3.05) is 19.0 Å². The number of hydrogen-bond donors (Lipinski definition) is 0. The minimum atomic E-state index is -4.94. The molecule has 5 rings (SSSR count). The van der Waals surface area contributed by atoms with Gasteiger partial charge in [0, 0.05) is 43.9 Å². The number of nitrogens with zero attached hydrogens (tertiary/aromatic N) is 2. The average Bonchev–Trinajstić information content (AvgIpc) is 3.23. The van der Waals surface area contributed by atoms with Gasteiger partial charge in [-0.1, -0.05) is 60.7 Å². The molecular weight excluding hydrogens is 476 g/mol. The normalized spacial score (nSPS) is 12.1. The maximum Gasteiger partial charge on any atom is 0.217 e. The summed E-state index contributed by atoms with van der Waals surface area (Å²) in [6.45, 7) is 0. The third-order valence-electron chi connectivity index (χ3n) is 6.21. The van der Waals surface area contributed by atoms with E-state index in [1.54, 1.807) is 0 Å². The molecule has 0 amide bonds. The van der Waals surface area contributed by atoms with Gasteiger partial charge in [-0.25, -0.2) is 18.6 Å². The molecule has 1 aromatic heterocycles. The molecule has 0 fully saturated rings. The van der Waals surface area contributed by atoms with Gasteiger partial charge in [-0.15, -0.1) is 10.2 Å². The van der Waals surface area contributed by atoms with Gasteiger partial charge in [0.1, 0.15) is 7.05 Å². The summed E-state index contributed by atoms with van der Waals surface area (Å²) in [4.78, 5) is 2.12. The average molecular weight is 503 g/mol. The van der Waals surface area contributed by atoms with Gasteiger partial charge in [-0.05, 0) is 46.5 Å². The van der Waals surface area contributed by atoms with Crippen LogP contribution in [0.3, 0.4) is 0 Å². The van der Waals surface area contributed by atoms with Crippen molar-refractivity contribution in [1.82, 2.24) is 0 Å². The lowest BCUT2D eigenvalue weighted by atomic mass is 9.97. The highest BCUT2D eigenvalue weighted by Crippen LogP contribution is 2.40. The van der Waals surface area contributed by atoms with E-state index in [-0.39, 0.29) is 0 Å². The van der Waals surface area contributed by atoms with Gasteiger partial charge < -0.3 is 4.90 Å². The molecule has 0 radical (unpaired) electrons. The van der Waals surface area contributed by atoms with Crippen LogP contribution in [0.5, 0.6) is 0 Å². The zero-order valence-corrected chi connectivity index (χ0v) is 21.1. The first kappa shape index (κ1) is 25.6. The van der Waals surface area contributed by atoms with E-state index < -0.39 is 10.2 Å². The predicted octanol–water partition coefficient (Wildman–Crippen LogP) is 1.23. The molecule has 0 saturated carbocycles. The Balaban J connectivity index is 0.000000556. The summed E-state index contributed by atoms with van der Waals surface area (Å²) in [6.07, 6.45) is 5.43. The number of pyridine rings is 1. The minimum absolute atomic E-state index is 0.986. The molecule has 6 nitrogen and oxygen atoms in total. The smallest absolute Gasteiger partial charge is 0.217 e. The topological polar surface area (TPSA) is 99.4 Å². The van der Waals surface area contributed by atoms with Crippen LogP contribution in [0.15, 0.2) is 84.9 Å². The monoisotopic (exact) mass is 502 g/mol. The third-order valence-corrected chi connectivity index (χ3v) is 6.21. The maximum absolute atomic E-state index is 8.49. The maximum atomic E-state index is 8.49. The minimum Gasteiger partial charge on any atom is -0.378 e. The Bertz CT molecular complexity index is 1370. The molecule has 0 bridgehead atoms. The molecule has 1 aliphatic rings. The summed E-state index contributed by atoms with van der Waals surface area (Å²) >= 11 is 0. The molecular formula is C29H27ClN2O4. The van der Waals surface area contributed by atoms with Gasteiger partial charge >= 0.3 is 0 Å². The molecule has 184 valence electrons. The van der Waals surface area contributed by atoms with Gasteiger partial charge in [0.15, 0.2) is 0 Å². The second-order valence-corrected chi connectivity index (χ2v) is 9.52. The van der Waals surface area contributed by atoms with Crippen LogP contribution in [0.2, 0.25) is 0 Å². The molecule has 0 saturated heterocycles. The Morgan fingerprint density at radius 1 is 0.778 bits per heavy atom. The van der Waals surface area contributed by atoms with Crippen molar-refractivity contribution in [3.63, 3.8) is 0 Å². The zero-order valence-electron chi connectivity index (χ0n) is 20.4. The van der Waals surface area contributed by atoms with Gasteiger partial charge in [-0.2, -0.15) is 4.57 Å². The summed E-state index contributed by atoms with van der Waals surface area (Å²) in [5, 5.41) is 0. The molecule has 36 heavy (non-hydrogen) atoms. The lowest BCUT2D eigenvalue weighted by Crippen LogP contribution is -2.68. The number of hydrogen-bond acceptors (Lipinski definition) is 5. The lowest BCUT2D eigenvalue weighted by Gasteiger charge is -2.17. The van der Waals surface area contributed by atoms with E-state index >= 15 is 0 Å². The molecule has 1 aliphatic carbocycles. The zero-order chi connectivity index (χ0) is 25.9. The Hall–Kier alpha value is -3.52. The van der Waals surface area contributed by atoms with Crippen LogP contribution in [0.4, 0.5) is 5.69 Å². The summed E-state index contributed by atoms with van der Waals surface area (Å²) in [7, 11) is 1.38. The molecule has 3 aromatic carbocycles. The van der Waals surface area contributed by atoms with Crippen LogP contribution in [0.1, 0.15) is 22.4 Å². The van der Waals surface area contributed by atoms with E-state index in [0.29, 0.717) is 0 Å². The number of halogens is 1. The highest BCUT2D eigenvalue weighted by atomic mass is 35.7. The highest BCUT2D eigenvalue weighted by Gasteiger charge is 2.31. The molecule has 7 heteroatoms. The quantitative estimate of drug-likeness (QED) is 0.344. The van der Waals surface area contributed by atoms with Crippen molar-refractivity contribution in [1.29, 1.82) is 0 Å². The van der Waals surface area contributed by atoms with Crippen LogP contribution in [0, 0.1) is 10.2 Å². The molecule has 4 aromatic rings. The Kier molecular flexibility index (Phi) is 7.54. The third kappa shape index (κ3) is 5.99. The Morgan fingerprint density at radius 3 is 2.03 bits per heavy atom. The van der Waals surface area contributed by atoms with Crippen LogP contribution >= 0.6 is 0 Å². The number of anilines is 1. The van der Waals surface area contributed by atoms with Crippen molar-refractivity contribution in [3.05, 3.63) is 107 Å². The molecule has 0 spiro atoms. The van der Waals surface area contributed by atoms with Crippen LogP contribution in [-0.4, -0.2) is 14.1 Å². The Labute approximate surface area is 213 Å². The fourth-order valence-electron chi connectivity index (χ4n) is 4.51. The van der Waals surface area contributed by atoms with Crippen molar-refractivity contribution in [3.8, 4) is 22.4 Å². The van der Waals surface area contributed by atoms with Crippen molar-refractivity contribution in [2.24, 2.45) is 7.05 Å². The number of benzene rings is 3. The molecule has 0 atom stereocenters. The van der Waals surface area contributed by atoms with E-state index in [0.717, 1.165) is 6.42 Å². The second-order valence-electron chi connectivity index (χ2n) is 8.77. The van der Waals surface area contributed by atoms with Crippen molar-refractivity contribution < 1.29 is 33.4 Å². The Morgan fingerprint density at radius 2 is 1.39 bits per heavy atom. The summed E-state index contributed by atoms with van der Waals surface area (Å²) in [6, 6.07) is 30.6. The van der Waals surface area contributed by atoms with E-state index in [4.69, 9.17) is 18.6 Å². The summed E-state index contributed by atoms with van der Waals surface area (Å²) < 4.78 is 36.3. The van der Waals surface area contributed by atoms with Crippen LogP contribution in [0.25, 0.3) is 34.5 Å². The highest BCUT2D eigenvalue weighted by molar-refractivity contribution is 5.82. The number of rotatable bonds is 4. The fraction of sp³-hybridized carbons (Fsp3) is 0.138. The first-order valence-corrected chi connectivity index (χ1v) is 12.6. The van der Waals surface area contributed by atoms with Gasteiger partial charge in [0.05, 0.1) is 5.56 Å². The first-order chi connectivity index (χ1) is 17.1. The van der Waals surface area contributed by atoms with Gasteiger partial charge in [0.25, 0.3) is 0 Å². The van der Waals surface area contributed by atoms with E-state index in [1.807, 2.05) is 0 Å². The van der Waals surface area contributed by atoms with E-state index in [9.17, 15) is 0 Å². The number of fused-ring (bicyclic) bond motifs is 3. The number of aromatic nitrogens is 1. The SMILES string of the molecule is CN(C)c1ccc(/C=C/c2cc(-c3ccccc3)c3c([n+]2C)-c2ccccc2C3)cc1.[O-][Cl+3]([O-])([O-])[O-]. The van der Waals surface area contributed by atoms with E-state index in [2.05, 4.69) is 128 Å². The molecule has 0 aliphatic heterocycles. The first-order valence-electron chi connectivity index (χ1n) is 11.4. The van der Waals surface area contributed by atoms with Gasteiger partial charge in [0.2, 0.25) is 11.4 Å². The standard InChI is InChI=1S/C29H27N2.ClHO4/c1-30(2)24-16-13-21(14-17-24)15-18-25-20-27(22-9-5-4-6-10-22)28-19-23-11-7-8-12-26(23)29(28)31(25)3;2-1(3,4)5/h4-18,20H,19H2,1-3H3;(H,2,3,4,5)/q+1;/p-1. The summed E-state index contributed by atoms with van der Waals surface area (Å²) in [5.74, 6) is 0.